The highest BCUT2D eigenvalue weighted by Gasteiger charge is 2.10. The summed E-state index contributed by atoms with van der Waals surface area (Å²) in [5, 5.41) is 3.19. The molecule has 1 heterocycles. The highest BCUT2D eigenvalue weighted by molar-refractivity contribution is 9.10. The molecule has 0 bridgehead atoms. The number of hydrogen-bond acceptors (Lipinski definition) is 5. The van der Waals surface area contributed by atoms with Crippen LogP contribution in [0.4, 0.5) is 11.5 Å². The maximum absolute atomic E-state index is 6.00. The van der Waals surface area contributed by atoms with Crippen molar-refractivity contribution < 1.29 is 4.74 Å². The van der Waals surface area contributed by atoms with Crippen LogP contribution in [0.5, 0.6) is 5.88 Å². The van der Waals surface area contributed by atoms with Gasteiger partial charge in [-0.3, -0.25) is 0 Å². The molecule has 2 rings (SSSR count). The molecular formula is C14H17BrN4O. The molecule has 0 saturated heterocycles. The fourth-order valence-corrected chi connectivity index (χ4v) is 1.89. The van der Waals surface area contributed by atoms with Gasteiger partial charge in [-0.1, -0.05) is 28.1 Å². The van der Waals surface area contributed by atoms with E-state index < -0.39 is 0 Å². The van der Waals surface area contributed by atoms with Gasteiger partial charge >= 0.3 is 0 Å². The quantitative estimate of drug-likeness (QED) is 0.876. The highest BCUT2D eigenvalue weighted by Crippen LogP contribution is 2.25. The van der Waals surface area contributed by atoms with Crippen molar-refractivity contribution >= 4 is 27.4 Å². The third-order valence-electron chi connectivity index (χ3n) is 2.57. The Bertz CT molecular complexity index is 572. The van der Waals surface area contributed by atoms with E-state index in [-0.39, 0.29) is 6.10 Å². The van der Waals surface area contributed by atoms with E-state index in [1.54, 1.807) is 0 Å². The maximum Gasteiger partial charge on any atom is 0.242 e. The summed E-state index contributed by atoms with van der Waals surface area (Å²) < 4.78 is 6.58. The van der Waals surface area contributed by atoms with Crippen molar-refractivity contribution in [2.24, 2.45) is 0 Å². The van der Waals surface area contributed by atoms with Gasteiger partial charge in [0.1, 0.15) is 12.0 Å². The number of nitrogens with one attached hydrogen (secondary N) is 1. The van der Waals surface area contributed by atoms with Gasteiger partial charge in [0.05, 0.1) is 6.10 Å². The lowest BCUT2D eigenvalue weighted by atomic mass is 10.2. The summed E-state index contributed by atoms with van der Waals surface area (Å²) in [5.41, 5.74) is 7.57. The largest absolute Gasteiger partial charge is 0.473 e. The van der Waals surface area contributed by atoms with Gasteiger partial charge in [-0.05, 0) is 31.5 Å². The SMILES string of the molecule is CC(C)Oc1ncnc(NCc2ccc(Br)cc2)c1N. The summed E-state index contributed by atoms with van der Waals surface area (Å²) >= 11 is 3.41. The van der Waals surface area contributed by atoms with Crippen molar-refractivity contribution in [2.45, 2.75) is 26.5 Å². The van der Waals surface area contributed by atoms with E-state index in [2.05, 4.69) is 31.2 Å². The van der Waals surface area contributed by atoms with Crippen LogP contribution in [0, 0.1) is 0 Å². The minimum atomic E-state index is 0.0199. The molecule has 3 N–H and O–H groups in total. The number of aromatic nitrogens is 2. The number of nitrogens with two attached hydrogens (primary N) is 1. The average Bonchev–Trinajstić information content (AvgIpc) is 2.41. The van der Waals surface area contributed by atoms with E-state index in [4.69, 9.17) is 10.5 Å². The molecule has 0 aliphatic rings. The van der Waals surface area contributed by atoms with Crippen LogP contribution in [-0.2, 0) is 6.54 Å². The first-order valence-corrected chi connectivity index (χ1v) is 7.11. The van der Waals surface area contributed by atoms with Crippen molar-refractivity contribution in [3.8, 4) is 5.88 Å². The molecule has 20 heavy (non-hydrogen) atoms. The van der Waals surface area contributed by atoms with Crippen LogP contribution in [0.3, 0.4) is 0 Å². The van der Waals surface area contributed by atoms with Gasteiger partial charge in [0.15, 0.2) is 5.82 Å². The number of hydrogen-bond donors (Lipinski definition) is 2. The van der Waals surface area contributed by atoms with Gasteiger partial charge in [0.25, 0.3) is 0 Å². The number of nitrogen functional groups attached to an aromatic ring is 1. The van der Waals surface area contributed by atoms with Crippen LogP contribution in [0.15, 0.2) is 35.1 Å². The second-order valence-corrected chi connectivity index (χ2v) is 5.50. The lowest BCUT2D eigenvalue weighted by molar-refractivity contribution is 0.234. The Morgan fingerprint density at radius 1 is 1.25 bits per heavy atom. The molecule has 0 fully saturated rings. The molecule has 0 spiro atoms. The number of nitrogens with zero attached hydrogens (tertiary/aromatic N) is 2. The fourth-order valence-electron chi connectivity index (χ4n) is 1.63. The molecule has 0 amide bonds. The summed E-state index contributed by atoms with van der Waals surface area (Å²) in [6.45, 7) is 4.49. The maximum atomic E-state index is 6.00. The molecule has 0 unspecified atom stereocenters. The molecular weight excluding hydrogens is 320 g/mol. The first kappa shape index (κ1) is 14.6. The van der Waals surface area contributed by atoms with Gasteiger partial charge in [-0.15, -0.1) is 0 Å². The molecule has 2 aromatic rings. The van der Waals surface area contributed by atoms with E-state index in [1.165, 1.54) is 6.33 Å². The van der Waals surface area contributed by atoms with Crippen LogP contribution in [-0.4, -0.2) is 16.1 Å². The summed E-state index contributed by atoms with van der Waals surface area (Å²) in [6.07, 6.45) is 1.46. The Morgan fingerprint density at radius 3 is 2.60 bits per heavy atom. The Balaban J connectivity index is 2.07. The van der Waals surface area contributed by atoms with E-state index >= 15 is 0 Å². The lowest BCUT2D eigenvalue weighted by Crippen LogP contribution is -2.11. The molecule has 1 aromatic carbocycles. The minimum absolute atomic E-state index is 0.0199. The van der Waals surface area contributed by atoms with Gasteiger partial charge in [-0.25, -0.2) is 4.98 Å². The first-order valence-electron chi connectivity index (χ1n) is 6.31. The predicted molar refractivity (Wildman–Crippen MR) is 83.7 cm³/mol. The second-order valence-electron chi connectivity index (χ2n) is 4.59. The molecule has 5 nitrogen and oxygen atoms in total. The van der Waals surface area contributed by atoms with Crippen molar-refractivity contribution in [1.29, 1.82) is 0 Å². The first-order chi connectivity index (χ1) is 9.56. The number of benzene rings is 1. The number of halogens is 1. The van der Waals surface area contributed by atoms with Gasteiger partial charge in [-0.2, -0.15) is 4.98 Å². The van der Waals surface area contributed by atoms with E-state index in [0.717, 1.165) is 10.0 Å². The van der Waals surface area contributed by atoms with Gasteiger partial charge < -0.3 is 15.8 Å². The molecule has 0 radical (unpaired) electrons. The summed E-state index contributed by atoms with van der Waals surface area (Å²) in [6, 6.07) is 8.04. The van der Waals surface area contributed by atoms with Crippen LogP contribution >= 0.6 is 15.9 Å². The van der Waals surface area contributed by atoms with Crippen LogP contribution < -0.4 is 15.8 Å². The smallest absolute Gasteiger partial charge is 0.242 e. The standard InChI is InChI=1S/C14H17BrN4O/c1-9(2)20-14-12(16)13(18-8-19-14)17-7-10-3-5-11(15)6-4-10/h3-6,8-9H,7,16H2,1-2H3,(H,17,18,19). The molecule has 0 aliphatic heterocycles. The minimum Gasteiger partial charge on any atom is -0.473 e. The third-order valence-corrected chi connectivity index (χ3v) is 3.10. The molecule has 1 aromatic heterocycles. The van der Waals surface area contributed by atoms with E-state index in [0.29, 0.717) is 23.9 Å². The fraction of sp³-hybridized carbons (Fsp3) is 0.286. The Kier molecular flexibility index (Phi) is 4.79. The summed E-state index contributed by atoms with van der Waals surface area (Å²) in [7, 11) is 0. The Morgan fingerprint density at radius 2 is 1.95 bits per heavy atom. The average molecular weight is 337 g/mol. The van der Waals surface area contributed by atoms with Crippen LogP contribution in [0.25, 0.3) is 0 Å². The zero-order valence-corrected chi connectivity index (χ0v) is 13.0. The zero-order valence-electron chi connectivity index (χ0n) is 11.4. The normalized spacial score (nSPS) is 10.6. The van der Waals surface area contributed by atoms with Crippen LogP contribution in [0.2, 0.25) is 0 Å². The van der Waals surface area contributed by atoms with Crippen molar-refractivity contribution in [3.05, 3.63) is 40.6 Å². The van der Waals surface area contributed by atoms with Crippen LogP contribution in [0.1, 0.15) is 19.4 Å². The second kappa shape index (κ2) is 6.56. The molecule has 0 saturated carbocycles. The predicted octanol–water partition coefficient (Wildman–Crippen LogP) is 3.22. The lowest BCUT2D eigenvalue weighted by Gasteiger charge is -2.13. The molecule has 106 valence electrons. The van der Waals surface area contributed by atoms with Crippen molar-refractivity contribution in [2.75, 3.05) is 11.1 Å². The van der Waals surface area contributed by atoms with E-state index in [9.17, 15) is 0 Å². The van der Waals surface area contributed by atoms with Gasteiger partial charge in [0, 0.05) is 11.0 Å². The number of anilines is 2. The molecule has 6 heteroatoms. The topological polar surface area (TPSA) is 73.1 Å². The Hall–Kier alpha value is -1.82. The summed E-state index contributed by atoms with van der Waals surface area (Å²) in [4.78, 5) is 8.18. The van der Waals surface area contributed by atoms with Crippen molar-refractivity contribution in [3.63, 3.8) is 0 Å². The number of ether oxygens (including phenoxy) is 1. The highest BCUT2D eigenvalue weighted by atomic mass is 79.9. The van der Waals surface area contributed by atoms with Crippen molar-refractivity contribution in [1.82, 2.24) is 9.97 Å². The Labute approximate surface area is 126 Å². The molecule has 0 atom stereocenters. The third kappa shape index (κ3) is 3.84. The van der Waals surface area contributed by atoms with E-state index in [1.807, 2.05) is 38.1 Å². The zero-order chi connectivity index (χ0) is 14.5. The number of rotatable bonds is 5. The van der Waals surface area contributed by atoms with Gasteiger partial charge in [0.2, 0.25) is 5.88 Å². The molecule has 0 aliphatic carbocycles. The summed E-state index contributed by atoms with van der Waals surface area (Å²) in [5.74, 6) is 0.992. The monoisotopic (exact) mass is 336 g/mol.